The van der Waals surface area contributed by atoms with E-state index in [0.717, 1.165) is 28.0 Å². The molecule has 0 radical (unpaired) electrons. The summed E-state index contributed by atoms with van der Waals surface area (Å²) in [6.45, 7) is 0.853. The fourth-order valence-electron chi connectivity index (χ4n) is 6.08. The van der Waals surface area contributed by atoms with Gasteiger partial charge in [-0.3, -0.25) is 19.5 Å². The first kappa shape index (κ1) is 26.8. The van der Waals surface area contributed by atoms with Gasteiger partial charge in [0.25, 0.3) is 0 Å². The number of nitrogens with zero attached hydrogens (tertiary/aromatic N) is 2. The molecule has 5 rings (SSSR count). The van der Waals surface area contributed by atoms with Crippen molar-refractivity contribution in [3.05, 3.63) is 62.5 Å². The summed E-state index contributed by atoms with van der Waals surface area (Å²) in [7, 11) is 4.77. The molecule has 38 heavy (non-hydrogen) atoms. The summed E-state index contributed by atoms with van der Waals surface area (Å²) in [6, 6.07) is 9.53. The molecule has 3 aliphatic rings. The second-order valence-electron chi connectivity index (χ2n) is 9.97. The van der Waals surface area contributed by atoms with Gasteiger partial charge in [0.05, 0.1) is 47.5 Å². The number of benzene rings is 1. The highest BCUT2D eigenvalue weighted by molar-refractivity contribution is 14.1. The SMILES string of the molecule is COCC1=C2[C@@H](CC/C(=C/c3cc(I)c(O)c(OC)c3)c3ccccn3)OC[C@@H]2[C@@H]2C(=O)N(C)C(=O)[C@@H]2C1. The maximum atomic E-state index is 13.0. The van der Waals surface area contributed by atoms with Crippen LogP contribution in [-0.4, -0.2) is 67.4 Å². The number of phenolic OH excluding ortho intramolecular Hbond substituents is 1. The summed E-state index contributed by atoms with van der Waals surface area (Å²) in [5, 5.41) is 10.3. The molecule has 1 aromatic heterocycles. The topological polar surface area (TPSA) is 98.2 Å². The van der Waals surface area contributed by atoms with Crippen LogP contribution in [-0.2, 0) is 19.1 Å². The van der Waals surface area contributed by atoms with Crippen molar-refractivity contribution in [2.45, 2.75) is 25.4 Å². The molecule has 9 heteroatoms. The molecule has 3 heterocycles. The summed E-state index contributed by atoms with van der Waals surface area (Å²) in [4.78, 5) is 31.6. The van der Waals surface area contributed by atoms with Gasteiger partial charge in [0.2, 0.25) is 11.8 Å². The van der Waals surface area contributed by atoms with Crippen molar-refractivity contribution in [3.8, 4) is 11.5 Å². The maximum absolute atomic E-state index is 13.0. The number of imide groups is 1. The summed E-state index contributed by atoms with van der Waals surface area (Å²) >= 11 is 2.09. The molecule has 2 aliphatic heterocycles. The van der Waals surface area contributed by atoms with Crippen LogP contribution < -0.4 is 4.74 Å². The number of halogens is 1. The molecule has 4 atom stereocenters. The van der Waals surface area contributed by atoms with E-state index in [-0.39, 0.29) is 41.4 Å². The normalized spacial score (nSPS) is 25.2. The van der Waals surface area contributed by atoms with Gasteiger partial charge in [-0.2, -0.15) is 0 Å². The maximum Gasteiger partial charge on any atom is 0.233 e. The van der Waals surface area contributed by atoms with Gasteiger partial charge in [-0.15, -0.1) is 0 Å². The first-order chi connectivity index (χ1) is 18.3. The van der Waals surface area contributed by atoms with Crippen molar-refractivity contribution in [2.24, 2.45) is 17.8 Å². The molecule has 200 valence electrons. The van der Waals surface area contributed by atoms with E-state index < -0.39 is 0 Å². The molecule has 2 fully saturated rings. The van der Waals surface area contributed by atoms with Gasteiger partial charge in [-0.1, -0.05) is 6.07 Å². The van der Waals surface area contributed by atoms with Crippen LogP contribution >= 0.6 is 22.6 Å². The van der Waals surface area contributed by atoms with Crippen LogP contribution in [0.1, 0.15) is 30.5 Å². The molecular formula is C29H31IN2O6. The van der Waals surface area contributed by atoms with Gasteiger partial charge >= 0.3 is 0 Å². The van der Waals surface area contributed by atoms with Gasteiger partial charge < -0.3 is 19.3 Å². The molecule has 2 aromatic rings. The molecule has 1 aliphatic carbocycles. The smallest absolute Gasteiger partial charge is 0.233 e. The standard InChI is InChI=1S/C29H31IN2O6/c1-32-28(34)19-13-18(14-36-2)25-20(26(19)29(32)35)15-38-23(25)8-7-17(22-6-4-5-9-31-22)10-16-11-21(30)27(33)24(12-16)37-3/h4-6,9-12,19-20,23,26,33H,7-8,13-15H2,1-3H3/b17-10-/t19-,20+,23-,26-/m1/s1. The number of allylic oxidation sites excluding steroid dienone is 1. The van der Waals surface area contributed by atoms with Crippen LogP contribution in [0.2, 0.25) is 0 Å². The zero-order valence-corrected chi connectivity index (χ0v) is 23.8. The van der Waals surface area contributed by atoms with Crippen LogP contribution in [0, 0.1) is 21.3 Å². The lowest BCUT2D eigenvalue weighted by molar-refractivity contribution is -0.138. The molecule has 0 unspecified atom stereocenters. The largest absolute Gasteiger partial charge is 0.504 e. The highest BCUT2D eigenvalue weighted by Gasteiger charge is 2.56. The molecule has 0 bridgehead atoms. The Morgan fingerprint density at radius 2 is 2.05 bits per heavy atom. The fraction of sp³-hybridized carbons (Fsp3) is 0.414. The average molecular weight is 630 g/mol. The number of hydrogen-bond acceptors (Lipinski definition) is 7. The van der Waals surface area contributed by atoms with Crippen LogP contribution in [0.4, 0.5) is 0 Å². The van der Waals surface area contributed by atoms with Crippen LogP contribution in [0.3, 0.4) is 0 Å². The molecular weight excluding hydrogens is 599 g/mol. The Hall–Kier alpha value is -2.76. The predicted octanol–water partition coefficient (Wildman–Crippen LogP) is 4.31. The third-order valence-corrected chi connectivity index (χ3v) is 8.65. The average Bonchev–Trinajstić information content (AvgIpc) is 3.44. The number of ether oxygens (including phenoxy) is 3. The van der Waals surface area contributed by atoms with Gasteiger partial charge in [0.1, 0.15) is 0 Å². The Kier molecular flexibility index (Phi) is 7.88. The van der Waals surface area contributed by atoms with Gasteiger partial charge in [-0.25, -0.2) is 0 Å². The fourth-order valence-corrected chi connectivity index (χ4v) is 6.71. The zero-order chi connectivity index (χ0) is 27.0. The second-order valence-corrected chi connectivity index (χ2v) is 11.1. The van der Waals surface area contributed by atoms with E-state index in [4.69, 9.17) is 14.2 Å². The predicted molar refractivity (Wildman–Crippen MR) is 150 cm³/mol. The Balaban J connectivity index is 1.45. The summed E-state index contributed by atoms with van der Waals surface area (Å²) in [6.07, 6.45) is 5.58. The van der Waals surface area contributed by atoms with Crippen molar-refractivity contribution in [3.63, 3.8) is 0 Å². The van der Waals surface area contributed by atoms with Crippen molar-refractivity contribution >= 4 is 46.1 Å². The quantitative estimate of drug-likeness (QED) is 0.264. The Morgan fingerprint density at radius 3 is 2.76 bits per heavy atom. The molecule has 2 saturated heterocycles. The molecule has 1 aromatic carbocycles. The first-order valence-electron chi connectivity index (χ1n) is 12.7. The minimum absolute atomic E-state index is 0.101. The van der Waals surface area contributed by atoms with Gasteiger partial charge in [-0.05, 0) is 94.5 Å². The number of hydrogen-bond donors (Lipinski definition) is 1. The molecule has 8 nitrogen and oxygen atoms in total. The van der Waals surface area contributed by atoms with Crippen molar-refractivity contribution in [2.75, 3.05) is 34.5 Å². The number of phenols is 1. The molecule has 0 spiro atoms. The number of likely N-dealkylation sites (tertiary alicyclic amines) is 1. The third kappa shape index (κ3) is 4.87. The minimum atomic E-state index is -0.356. The first-order valence-corrected chi connectivity index (χ1v) is 13.7. The van der Waals surface area contributed by atoms with E-state index in [0.29, 0.717) is 41.8 Å². The Labute approximate surface area is 235 Å². The van der Waals surface area contributed by atoms with Gasteiger partial charge in [0.15, 0.2) is 11.5 Å². The van der Waals surface area contributed by atoms with E-state index in [1.54, 1.807) is 20.4 Å². The van der Waals surface area contributed by atoms with Crippen LogP contribution in [0.5, 0.6) is 11.5 Å². The van der Waals surface area contributed by atoms with Crippen molar-refractivity contribution in [1.82, 2.24) is 9.88 Å². The van der Waals surface area contributed by atoms with Crippen LogP contribution in [0.25, 0.3) is 11.6 Å². The zero-order valence-electron chi connectivity index (χ0n) is 21.6. The third-order valence-electron chi connectivity index (χ3n) is 7.83. The Morgan fingerprint density at radius 1 is 1.24 bits per heavy atom. The summed E-state index contributed by atoms with van der Waals surface area (Å²) < 4.78 is 17.9. The number of pyridine rings is 1. The molecule has 1 N–H and O–H groups in total. The number of carbonyl (C=O) groups is 2. The lowest BCUT2D eigenvalue weighted by Crippen LogP contribution is -2.34. The number of carbonyl (C=O) groups excluding carboxylic acids is 2. The number of rotatable bonds is 8. The van der Waals surface area contributed by atoms with E-state index in [1.807, 2.05) is 30.3 Å². The van der Waals surface area contributed by atoms with Crippen molar-refractivity contribution in [1.29, 1.82) is 0 Å². The lowest BCUT2D eigenvalue weighted by atomic mass is 9.69. The highest BCUT2D eigenvalue weighted by Crippen LogP contribution is 2.49. The van der Waals surface area contributed by atoms with E-state index in [2.05, 4.69) is 33.7 Å². The van der Waals surface area contributed by atoms with E-state index >= 15 is 0 Å². The lowest BCUT2D eigenvalue weighted by Gasteiger charge is -2.31. The summed E-state index contributed by atoms with van der Waals surface area (Å²) in [5.41, 5.74) is 4.99. The number of amides is 2. The van der Waals surface area contributed by atoms with E-state index in [1.165, 1.54) is 12.0 Å². The van der Waals surface area contributed by atoms with E-state index in [9.17, 15) is 14.7 Å². The number of aromatic nitrogens is 1. The monoisotopic (exact) mass is 630 g/mol. The Bertz CT molecular complexity index is 1310. The van der Waals surface area contributed by atoms with Gasteiger partial charge in [0, 0.05) is 26.3 Å². The highest BCUT2D eigenvalue weighted by atomic mass is 127. The van der Waals surface area contributed by atoms with Crippen molar-refractivity contribution < 1.29 is 28.9 Å². The second kappa shape index (κ2) is 11.2. The number of fused-ring (bicyclic) bond motifs is 3. The minimum Gasteiger partial charge on any atom is -0.504 e. The van der Waals surface area contributed by atoms with Crippen LogP contribution in [0.15, 0.2) is 47.7 Å². The molecule has 2 amide bonds. The number of methoxy groups -OCH3 is 2. The molecule has 0 saturated carbocycles. The number of aromatic hydroxyl groups is 1. The summed E-state index contributed by atoms with van der Waals surface area (Å²) in [5.74, 6) is -0.458.